The summed E-state index contributed by atoms with van der Waals surface area (Å²) >= 11 is 0. The van der Waals surface area contributed by atoms with Gasteiger partial charge in [-0.1, -0.05) is 0 Å². The van der Waals surface area contributed by atoms with Crippen molar-refractivity contribution in [1.82, 2.24) is 10.3 Å². The van der Waals surface area contributed by atoms with Crippen molar-refractivity contribution in [2.75, 3.05) is 13.7 Å². The van der Waals surface area contributed by atoms with Crippen molar-refractivity contribution in [2.24, 2.45) is 5.92 Å². The minimum atomic E-state index is -0.537. The Hall–Kier alpha value is -2.24. The highest BCUT2D eigenvalue weighted by molar-refractivity contribution is 5.98. The maximum absolute atomic E-state index is 11.8. The first-order valence-corrected chi connectivity index (χ1v) is 5.97. The zero-order valence-corrected chi connectivity index (χ0v) is 10.5. The Balaban J connectivity index is 1.98. The van der Waals surface area contributed by atoms with E-state index < -0.39 is 11.9 Å². The van der Waals surface area contributed by atoms with E-state index in [9.17, 15) is 14.4 Å². The Kier molecular flexibility index (Phi) is 3.89. The summed E-state index contributed by atoms with van der Waals surface area (Å²) in [5.41, 5.74) is 0.336. The van der Waals surface area contributed by atoms with Crippen LogP contribution in [0.2, 0.25) is 0 Å². The number of esters is 1. The molecule has 1 aromatic rings. The topological polar surface area (TPSA) is 85.4 Å². The molecule has 100 valence electrons. The highest BCUT2D eigenvalue weighted by Crippen LogP contribution is 2.29. The number of rotatable bonds is 5. The number of methoxy groups -OCH3 is 1. The van der Waals surface area contributed by atoms with Gasteiger partial charge in [-0.3, -0.25) is 14.6 Å². The molecule has 1 aliphatic carbocycles. The number of ketones is 1. The lowest BCUT2D eigenvalue weighted by Gasteiger charge is -2.04. The molecule has 0 aliphatic heterocycles. The van der Waals surface area contributed by atoms with Gasteiger partial charge in [0.2, 0.25) is 0 Å². The van der Waals surface area contributed by atoms with Crippen molar-refractivity contribution in [3.63, 3.8) is 0 Å². The van der Waals surface area contributed by atoms with E-state index in [1.54, 1.807) is 0 Å². The molecule has 1 fully saturated rings. The summed E-state index contributed by atoms with van der Waals surface area (Å²) in [7, 11) is 1.26. The molecule has 1 N–H and O–H groups in total. The lowest BCUT2D eigenvalue weighted by atomic mass is 10.2. The van der Waals surface area contributed by atoms with Gasteiger partial charge < -0.3 is 10.1 Å². The maximum Gasteiger partial charge on any atom is 0.337 e. The second kappa shape index (κ2) is 5.60. The molecule has 1 aliphatic rings. The van der Waals surface area contributed by atoms with Crippen molar-refractivity contribution in [3.8, 4) is 0 Å². The number of amides is 1. The molecule has 0 aromatic carbocycles. The Labute approximate surface area is 110 Å². The van der Waals surface area contributed by atoms with Crippen molar-refractivity contribution in [1.29, 1.82) is 0 Å². The fraction of sp³-hybridized carbons (Fsp3) is 0.385. The lowest BCUT2D eigenvalue weighted by Crippen LogP contribution is -2.31. The van der Waals surface area contributed by atoms with Crippen molar-refractivity contribution < 1.29 is 19.1 Å². The number of pyridine rings is 1. The summed E-state index contributed by atoms with van der Waals surface area (Å²) in [4.78, 5) is 38.4. The van der Waals surface area contributed by atoms with E-state index in [0.29, 0.717) is 0 Å². The first-order chi connectivity index (χ1) is 9.11. The Morgan fingerprint density at radius 2 is 2.16 bits per heavy atom. The maximum atomic E-state index is 11.8. The minimum Gasteiger partial charge on any atom is -0.465 e. The molecule has 1 aromatic heterocycles. The monoisotopic (exact) mass is 262 g/mol. The van der Waals surface area contributed by atoms with Crippen molar-refractivity contribution in [2.45, 2.75) is 12.8 Å². The summed E-state index contributed by atoms with van der Waals surface area (Å²) in [6.45, 7) is 0.00757. The van der Waals surface area contributed by atoms with Gasteiger partial charge in [-0.2, -0.15) is 0 Å². The van der Waals surface area contributed by atoms with E-state index in [0.717, 1.165) is 12.8 Å². The average Bonchev–Trinajstić information content (AvgIpc) is 3.28. The van der Waals surface area contributed by atoms with Crippen molar-refractivity contribution >= 4 is 17.7 Å². The molecule has 0 atom stereocenters. The molecule has 19 heavy (non-hydrogen) atoms. The summed E-state index contributed by atoms with van der Waals surface area (Å²) in [5, 5.41) is 2.50. The van der Waals surface area contributed by atoms with Gasteiger partial charge in [0.05, 0.1) is 19.2 Å². The summed E-state index contributed by atoms with van der Waals surface area (Å²) in [6.07, 6.45) is 3.17. The zero-order valence-electron chi connectivity index (χ0n) is 10.5. The first-order valence-electron chi connectivity index (χ1n) is 5.97. The zero-order chi connectivity index (χ0) is 13.8. The number of hydrogen-bond acceptors (Lipinski definition) is 5. The third-order valence-corrected chi connectivity index (χ3v) is 2.87. The van der Waals surface area contributed by atoms with Gasteiger partial charge in [-0.05, 0) is 25.0 Å². The number of carbonyl (C=O) groups is 3. The summed E-state index contributed by atoms with van der Waals surface area (Å²) in [6, 6.07) is 2.79. The normalized spacial score (nSPS) is 13.7. The van der Waals surface area contributed by atoms with Crippen LogP contribution in [0.1, 0.15) is 33.7 Å². The molecule has 0 bridgehead atoms. The highest BCUT2D eigenvalue weighted by Gasteiger charge is 2.29. The molecule has 0 saturated heterocycles. The lowest BCUT2D eigenvalue weighted by molar-refractivity contribution is -0.119. The van der Waals surface area contributed by atoms with Crippen LogP contribution < -0.4 is 5.32 Å². The number of ether oxygens (including phenoxy) is 1. The molecule has 0 radical (unpaired) electrons. The van der Waals surface area contributed by atoms with Gasteiger partial charge in [-0.25, -0.2) is 4.79 Å². The quantitative estimate of drug-likeness (QED) is 0.784. The highest BCUT2D eigenvalue weighted by atomic mass is 16.5. The van der Waals surface area contributed by atoms with E-state index in [-0.39, 0.29) is 29.5 Å². The second-order valence-corrected chi connectivity index (χ2v) is 4.34. The van der Waals surface area contributed by atoms with E-state index >= 15 is 0 Å². The Morgan fingerprint density at radius 1 is 1.42 bits per heavy atom. The fourth-order valence-electron chi connectivity index (χ4n) is 1.61. The average molecular weight is 262 g/mol. The summed E-state index contributed by atoms with van der Waals surface area (Å²) in [5.74, 6) is -0.864. The van der Waals surface area contributed by atoms with Gasteiger partial charge in [0.25, 0.3) is 5.91 Å². The van der Waals surface area contributed by atoms with E-state index in [2.05, 4.69) is 15.0 Å². The number of Topliss-reactive ketones (excluding diaryl/α,β-unsaturated/α-hetero) is 1. The standard InChI is InChI=1S/C13H14N2O4/c1-19-13(18)9-4-5-14-10(6-9)12(17)15-7-11(16)8-2-3-8/h4-6,8H,2-3,7H2,1H3,(H,15,17). The van der Waals surface area contributed by atoms with Crippen LogP contribution >= 0.6 is 0 Å². The third kappa shape index (κ3) is 3.37. The fourth-order valence-corrected chi connectivity index (χ4v) is 1.61. The smallest absolute Gasteiger partial charge is 0.337 e. The molecular weight excluding hydrogens is 248 g/mol. The van der Waals surface area contributed by atoms with Crippen molar-refractivity contribution in [3.05, 3.63) is 29.6 Å². The molecule has 0 spiro atoms. The number of nitrogens with one attached hydrogen (secondary N) is 1. The van der Waals surface area contributed by atoms with Crippen LogP contribution in [0.4, 0.5) is 0 Å². The predicted octanol–water partition coefficient (Wildman–Crippen LogP) is 0.577. The molecular formula is C13H14N2O4. The van der Waals surface area contributed by atoms with E-state index in [1.165, 1.54) is 25.4 Å². The molecule has 6 heteroatoms. The van der Waals surface area contributed by atoms with E-state index in [1.807, 2.05) is 0 Å². The van der Waals surface area contributed by atoms with Gasteiger partial charge in [-0.15, -0.1) is 0 Å². The predicted molar refractivity (Wildman–Crippen MR) is 65.6 cm³/mol. The van der Waals surface area contributed by atoms with E-state index in [4.69, 9.17) is 0 Å². The van der Waals surface area contributed by atoms with Gasteiger partial charge in [0.1, 0.15) is 5.69 Å². The SMILES string of the molecule is COC(=O)c1ccnc(C(=O)NCC(=O)C2CC2)c1. The van der Waals surface area contributed by atoms with Crippen LogP contribution in [0.5, 0.6) is 0 Å². The van der Waals surface area contributed by atoms with Crippen LogP contribution in [0, 0.1) is 5.92 Å². The van der Waals surface area contributed by atoms with Crippen LogP contribution in [0.25, 0.3) is 0 Å². The van der Waals surface area contributed by atoms with Crippen LogP contribution in [-0.2, 0) is 9.53 Å². The minimum absolute atomic E-state index is 0.00757. The molecule has 0 unspecified atom stereocenters. The van der Waals surface area contributed by atoms with Crippen LogP contribution in [-0.4, -0.2) is 36.3 Å². The number of nitrogens with zero attached hydrogens (tertiary/aromatic N) is 1. The van der Waals surface area contributed by atoms with Gasteiger partial charge in [0.15, 0.2) is 5.78 Å². The molecule has 1 heterocycles. The molecule has 2 rings (SSSR count). The molecule has 1 amide bonds. The third-order valence-electron chi connectivity index (χ3n) is 2.87. The molecule has 6 nitrogen and oxygen atoms in total. The first kappa shape index (κ1) is 13.2. The van der Waals surface area contributed by atoms with Crippen LogP contribution in [0.3, 0.4) is 0 Å². The number of aromatic nitrogens is 1. The number of carbonyl (C=O) groups excluding carboxylic acids is 3. The second-order valence-electron chi connectivity index (χ2n) is 4.34. The number of hydrogen-bond donors (Lipinski definition) is 1. The Bertz CT molecular complexity index is 523. The Morgan fingerprint density at radius 3 is 2.79 bits per heavy atom. The van der Waals surface area contributed by atoms with Gasteiger partial charge in [0, 0.05) is 12.1 Å². The largest absolute Gasteiger partial charge is 0.465 e. The molecule has 1 saturated carbocycles. The summed E-state index contributed by atoms with van der Waals surface area (Å²) < 4.78 is 4.56. The van der Waals surface area contributed by atoms with Gasteiger partial charge >= 0.3 is 5.97 Å². The van der Waals surface area contributed by atoms with Crippen LogP contribution in [0.15, 0.2) is 18.3 Å².